The summed E-state index contributed by atoms with van der Waals surface area (Å²) in [5.41, 5.74) is 8.03. The van der Waals surface area contributed by atoms with Crippen LogP contribution in [0.5, 0.6) is 0 Å². The van der Waals surface area contributed by atoms with Crippen molar-refractivity contribution in [2.75, 3.05) is 37.1 Å². The van der Waals surface area contributed by atoms with Gasteiger partial charge < -0.3 is 25.8 Å². The lowest BCUT2D eigenvalue weighted by Gasteiger charge is -2.30. The smallest absolute Gasteiger partial charge is 0.253 e. The van der Waals surface area contributed by atoms with E-state index in [2.05, 4.69) is 20.6 Å². The summed E-state index contributed by atoms with van der Waals surface area (Å²) >= 11 is 6.32. The molecule has 0 spiro atoms. The molecule has 0 radical (unpaired) electrons. The lowest BCUT2D eigenvalue weighted by atomic mass is 10.1. The van der Waals surface area contributed by atoms with Crippen molar-refractivity contribution in [2.24, 2.45) is 5.73 Å². The Bertz CT molecular complexity index is 1230. The van der Waals surface area contributed by atoms with E-state index in [0.29, 0.717) is 39.9 Å². The highest BCUT2D eigenvalue weighted by Gasteiger charge is 2.22. The number of halogens is 1. The van der Waals surface area contributed by atoms with Crippen LogP contribution in [0.2, 0.25) is 5.02 Å². The zero-order valence-electron chi connectivity index (χ0n) is 19.2. The summed E-state index contributed by atoms with van der Waals surface area (Å²) in [5, 5.41) is 7.37. The molecule has 4 rings (SSSR count). The maximum absolute atomic E-state index is 12.8. The van der Waals surface area contributed by atoms with Crippen molar-refractivity contribution in [2.45, 2.75) is 18.9 Å². The molecular formula is C24H28ClN6O2P. The van der Waals surface area contributed by atoms with Crippen molar-refractivity contribution in [1.29, 1.82) is 0 Å². The van der Waals surface area contributed by atoms with E-state index in [9.17, 15) is 9.36 Å². The number of amides is 1. The number of benzene rings is 2. The minimum absolute atomic E-state index is 0.0151. The number of carbonyl (C=O) groups is 1. The molecule has 10 heteroatoms. The van der Waals surface area contributed by atoms with Crippen LogP contribution in [0.15, 0.2) is 54.7 Å². The highest BCUT2D eigenvalue weighted by Crippen LogP contribution is 2.38. The largest absolute Gasteiger partial charge is 0.338 e. The number of rotatable bonds is 6. The van der Waals surface area contributed by atoms with Crippen LogP contribution in [0.3, 0.4) is 0 Å². The fourth-order valence-electron chi connectivity index (χ4n) is 3.89. The summed E-state index contributed by atoms with van der Waals surface area (Å²) in [6.45, 7) is 4.75. The molecule has 1 amide bonds. The quantitative estimate of drug-likeness (QED) is 0.431. The molecule has 2 heterocycles. The molecule has 0 unspecified atom stereocenters. The molecule has 0 saturated carbocycles. The second-order valence-corrected chi connectivity index (χ2v) is 12.3. The first-order valence-electron chi connectivity index (χ1n) is 11.1. The van der Waals surface area contributed by atoms with E-state index >= 15 is 0 Å². The second-order valence-electron chi connectivity index (χ2n) is 8.74. The molecule has 4 N–H and O–H groups in total. The number of hydrogen-bond donors (Lipinski definition) is 3. The van der Waals surface area contributed by atoms with E-state index in [0.717, 1.165) is 25.1 Å². The predicted molar refractivity (Wildman–Crippen MR) is 139 cm³/mol. The molecule has 0 aliphatic carbocycles. The Morgan fingerprint density at radius 2 is 1.88 bits per heavy atom. The molecule has 8 nitrogen and oxygen atoms in total. The van der Waals surface area contributed by atoms with E-state index in [1.54, 1.807) is 30.4 Å². The summed E-state index contributed by atoms with van der Waals surface area (Å²) in [6, 6.07) is 14.6. The maximum Gasteiger partial charge on any atom is 0.253 e. The number of carbonyl (C=O) groups excluding carboxylic acids is 1. The van der Waals surface area contributed by atoms with Crippen LogP contribution in [0.1, 0.15) is 23.2 Å². The van der Waals surface area contributed by atoms with E-state index in [4.69, 9.17) is 17.3 Å². The van der Waals surface area contributed by atoms with Gasteiger partial charge in [-0.3, -0.25) is 4.79 Å². The number of hydrogen-bond acceptors (Lipinski definition) is 7. The molecule has 3 aromatic rings. The van der Waals surface area contributed by atoms with E-state index in [1.807, 2.05) is 36.4 Å². The van der Waals surface area contributed by atoms with Gasteiger partial charge in [-0.05, 0) is 62.6 Å². The van der Waals surface area contributed by atoms with Gasteiger partial charge >= 0.3 is 0 Å². The van der Waals surface area contributed by atoms with Crippen molar-refractivity contribution < 1.29 is 9.36 Å². The average Bonchev–Trinajstić information content (AvgIpc) is 2.81. The molecule has 0 bridgehead atoms. The number of nitrogens with zero attached hydrogens (tertiary/aromatic N) is 3. The molecule has 1 fully saturated rings. The van der Waals surface area contributed by atoms with E-state index in [1.165, 1.54) is 6.20 Å². The molecule has 1 aromatic heterocycles. The van der Waals surface area contributed by atoms with Crippen LogP contribution in [-0.2, 0) is 4.57 Å². The predicted octanol–water partition coefficient (Wildman–Crippen LogP) is 4.43. The topological polar surface area (TPSA) is 113 Å². The Balaban J connectivity index is 1.49. The standard InChI is InChI=1S/C24H28ClN6O2P/c1-34(2,33)21-8-4-3-7-20(21)29-22-19(25)14-27-24(30-22)28-18-11-9-16(10-12-18)23(32)31-13-5-6-17(26)15-31/h3-4,7-12,14,17H,5-6,13,15,26H2,1-2H3,(H2,27,28,29,30)/t17-/m0/s1. The summed E-state index contributed by atoms with van der Waals surface area (Å²) < 4.78 is 12.7. The number of piperidine rings is 1. The Hall–Kier alpha value is -2.93. The molecular weight excluding hydrogens is 471 g/mol. The Morgan fingerprint density at radius 1 is 1.15 bits per heavy atom. The molecule has 34 heavy (non-hydrogen) atoms. The lowest BCUT2D eigenvalue weighted by molar-refractivity contribution is 0.0709. The zero-order chi connectivity index (χ0) is 24.3. The Morgan fingerprint density at radius 3 is 2.59 bits per heavy atom. The number of nitrogens with two attached hydrogens (primary N) is 1. The third-order valence-corrected chi connectivity index (χ3v) is 7.44. The highest BCUT2D eigenvalue weighted by molar-refractivity contribution is 7.70. The first-order valence-corrected chi connectivity index (χ1v) is 14.0. The third kappa shape index (κ3) is 5.76. The van der Waals surface area contributed by atoms with Crippen molar-refractivity contribution in [3.8, 4) is 0 Å². The van der Waals surface area contributed by atoms with Crippen LogP contribution in [-0.4, -0.2) is 53.2 Å². The molecule has 178 valence electrons. The normalized spacial score (nSPS) is 16.2. The SMILES string of the molecule is CP(C)(=O)c1ccccc1Nc1nc(Nc2ccc(C(=O)N3CCC[C@H](N)C3)cc2)ncc1Cl. The van der Waals surface area contributed by atoms with Crippen molar-refractivity contribution >= 4 is 53.1 Å². The Labute approximate surface area is 204 Å². The molecule has 1 aliphatic rings. The van der Waals surface area contributed by atoms with Crippen molar-refractivity contribution in [3.05, 3.63) is 65.3 Å². The fraction of sp³-hybridized carbons (Fsp3) is 0.292. The van der Waals surface area contributed by atoms with Crippen LogP contribution in [0.4, 0.5) is 23.1 Å². The van der Waals surface area contributed by atoms with Crippen LogP contribution < -0.4 is 21.7 Å². The number of aromatic nitrogens is 2. The number of likely N-dealkylation sites (tertiary alicyclic amines) is 1. The number of nitrogens with one attached hydrogen (secondary N) is 2. The molecule has 1 aliphatic heterocycles. The zero-order valence-corrected chi connectivity index (χ0v) is 20.8. The monoisotopic (exact) mass is 498 g/mol. The van der Waals surface area contributed by atoms with Gasteiger partial charge in [0, 0.05) is 35.7 Å². The first-order chi connectivity index (χ1) is 16.2. The molecule has 2 aromatic carbocycles. The van der Waals surface area contributed by atoms with Crippen molar-refractivity contribution in [1.82, 2.24) is 14.9 Å². The number of anilines is 4. The van der Waals surface area contributed by atoms with Gasteiger partial charge in [0.15, 0.2) is 5.82 Å². The van der Waals surface area contributed by atoms with Gasteiger partial charge in [-0.1, -0.05) is 23.7 Å². The lowest BCUT2D eigenvalue weighted by Crippen LogP contribution is -2.45. The minimum Gasteiger partial charge on any atom is -0.338 e. The summed E-state index contributed by atoms with van der Waals surface area (Å²) in [7, 11) is -2.50. The average molecular weight is 499 g/mol. The number of para-hydroxylation sites is 1. The van der Waals surface area contributed by atoms with Gasteiger partial charge in [0.1, 0.15) is 12.2 Å². The summed E-state index contributed by atoms with van der Waals surface area (Å²) in [5.74, 6) is 0.716. The molecule has 1 saturated heterocycles. The summed E-state index contributed by atoms with van der Waals surface area (Å²) in [4.78, 5) is 23.3. The van der Waals surface area contributed by atoms with Gasteiger partial charge in [-0.25, -0.2) is 4.98 Å². The van der Waals surface area contributed by atoms with Gasteiger partial charge in [-0.15, -0.1) is 0 Å². The van der Waals surface area contributed by atoms with E-state index in [-0.39, 0.29) is 11.9 Å². The van der Waals surface area contributed by atoms with Gasteiger partial charge in [0.2, 0.25) is 5.95 Å². The maximum atomic E-state index is 12.8. The van der Waals surface area contributed by atoms with E-state index < -0.39 is 7.14 Å². The van der Waals surface area contributed by atoms with Gasteiger partial charge in [0.25, 0.3) is 5.91 Å². The minimum atomic E-state index is -2.50. The van der Waals surface area contributed by atoms with Crippen LogP contribution >= 0.6 is 18.7 Å². The van der Waals surface area contributed by atoms with Crippen LogP contribution in [0.25, 0.3) is 0 Å². The second kappa shape index (κ2) is 10.1. The van der Waals surface area contributed by atoms with Gasteiger partial charge in [-0.2, -0.15) is 4.98 Å². The van der Waals surface area contributed by atoms with Gasteiger partial charge in [0.05, 0.1) is 11.9 Å². The van der Waals surface area contributed by atoms with Crippen molar-refractivity contribution in [3.63, 3.8) is 0 Å². The summed E-state index contributed by atoms with van der Waals surface area (Å²) in [6.07, 6.45) is 3.37. The first kappa shape index (κ1) is 24.2. The molecule has 1 atom stereocenters. The Kier molecular flexibility index (Phi) is 7.22. The highest BCUT2D eigenvalue weighted by atomic mass is 35.5. The third-order valence-electron chi connectivity index (χ3n) is 5.61. The van der Waals surface area contributed by atoms with Crippen LogP contribution in [0, 0.1) is 0 Å². The fourth-order valence-corrected chi connectivity index (χ4v) is 5.19.